The Bertz CT molecular complexity index is 163. The molecular weight excluding hydrogens is 148 g/mol. The Kier molecular flexibility index (Phi) is 2.91. The van der Waals surface area contributed by atoms with E-state index in [1.165, 1.54) is 0 Å². The van der Waals surface area contributed by atoms with Gasteiger partial charge < -0.3 is 5.32 Å². The van der Waals surface area contributed by atoms with Gasteiger partial charge in [-0.3, -0.25) is 4.90 Å². The van der Waals surface area contributed by atoms with Crippen LogP contribution in [0.5, 0.6) is 0 Å². The van der Waals surface area contributed by atoms with E-state index in [2.05, 4.69) is 37.6 Å². The van der Waals surface area contributed by atoms with Crippen LogP contribution in [0.1, 0.15) is 20.8 Å². The Morgan fingerprint density at radius 3 is 2.92 bits per heavy atom. The summed E-state index contributed by atoms with van der Waals surface area (Å²) in [5, 5.41) is 3.48. The summed E-state index contributed by atoms with van der Waals surface area (Å²) in [7, 11) is 0. The molecule has 2 heteroatoms. The first-order chi connectivity index (χ1) is 5.56. The topological polar surface area (TPSA) is 15.3 Å². The molecule has 0 amide bonds. The highest BCUT2D eigenvalue weighted by molar-refractivity contribution is 4.93. The second kappa shape index (κ2) is 3.58. The average molecular weight is 168 g/mol. The molecule has 2 nitrogen and oxygen atoms in total. The molecule has 0 bridgehead atoms. The van der Waals surface area contributed by atoms with Crippen molar-refractivity contribution in [3.8, 4) is 0 Å². The maximum atomic E-state index is 3.78. The smallest absolute Gasteiger partial charge is 0.0281 e. The van der Waals surface area contributed by atoms with Crippen LogP contribution in [-0.2, 0) is 0 Å². The summed E-state index contributed by atoms with van der Waals surface area (Å²) in [6.07, 6.45) is 1.99. The summed E-state index contributed by atoms with van der Waals surface area (Å²) in [5.74, 6) is 0. The van der Waals surface area contributed by atoms with Crippen molar-refractivity contribution in [2.24, 2.45) is 0 Å². The predicted octanol–water partition coefficient (Wildman–Crippen LogP) is 1.24. The van der Waals surface area contributed by atoms with Crippen LogP contribution in [-0.4, -0.2) is 36.1 Å². The van der Waals surface area contributed by atoms with Crippen molar-refractivity contribution in [3.05, 3.63) is 12.7 Å². The Morgan fingerprint density at radius 1 is 1.67 bits per heavy atom. The molecule has 0 saturated carbocycles. The standard InChI is InChI=1S/C10H20N2/c1-5-6-12-7-9(2)11-8-10(12,3)4/h5,9,11H,1,6-8H2,2-4H3. The molecule has 1 saturated heterocycles. The molecule has 1 rings (SSSR count). The van der Waals surface area contributed by atoms with Gasteiger partial charge in [0.25, 0.3) is 0 Å². The molecular formula is C10H20N2. The molecule has 1 aliphatic rings. The van der Waals surface area contributed by atoms with Gasteiger partial charge >= 0.3 is 0 Å². The van der Waals surface area contributed by atoms with E-state index >= 15 is 0 Å². The molecule has 1 fully saturated rings. The van der Waals surface area contributed by atoms with E-state index in [0.29, 0.717) is 6.04 Å². The Labute approximate surface area is 75.6 Å². The third-order valence-corrected chi connectivity index (χ3v) is 2.58. The highest BCUT2D eigenvalue weighted by Gasteiger charge is 2.30. The van der Waals surface area contributed by atoms with Crippen LogP contribution >= 0.6 is 0 Å². The zero-order chi connectivity index (χ0) is 9.19. The summed E-state index contributed by atoms with van der Waals surface area (Å²) in [4.78, 5) is 2.47. The normalized spacial score (nSPS) is 30.1. The Hall–Kier alpha value is -0.340. The molecule has 1 unspecified atom stereocenters. The molecule has 0 aromatic rings. The first kappa shape index (κ1) is 9.75. The molecule has 0 aromatic heterocycles. The summed E-state index contributed by atoms with van der Waals surface area (Å²) in [6.45, 7) is 13.8. The molecule has 0 aromatic carbocycles. The largest absolute Gasteiger partial charge is 0.311 e. The van der Waals surface area contributed by atoms with Crippen molar-refractivity contribution in [2.75, 3.05) is 19.6 Å². The lowest BCUT2D eigenvalue weighted by Crippen LogP contribution is -2.61. The first-order valence-corrected chi connectivity index (χ1v) is 4.65. The fourth-order valence-corrected chi connectivity index (χ4v) is 1.66. The highest BCUT2D eigenvalue weighted by Crippen LogP contribution is 2.17. The third kappa shape index (κ3) is 2.08. The highest BCUT2D eigenvalue weighted by atomic mass is 15.3. The van der Waals surface area contributed by atoms with Crippen LogP contribution in [0.4, 0.5) is 0 Å². The maximum absolute atomic E-state index is 3.78. The van der Waals surface area contributed by atoms with Crippen LogP contribution in [0.2, 0.25) is 0 Å². The summed E-state index contributed by atoms with van der Waals surface area (Å²) < 4.78 is 0. The van der Waals surface area contributed by atoms with E-state index in [1.807, 2.05) is 6.08 Å². The van der Waals surface area contributed by atoms with Crippen LogP contribution in [0.3, 0.4) is 0 Å². The molecule has 70 valence electrons. The van der Waals surface area contributed by atoms with Gasteiger partial charge in [0.2, 0.25) is 0 Å². The van der Waals surface area contributed by atoms with Crippen molar-refractivity contribution in [2.45, 2.75) is 32.4 Å². The molecule has 12 heavy (non-hydrogen) atoms. The third-order valence-electron chi connectivity index (χ3n) is 2.58. The summed E-state index contributed by atoms with van der Waals surface area (Å²) >= 11 is 0. The van der Waals surface area contributed by atoms with Gasteiger partial charge in [-0.1, -0.05) is 6.08 Å². The van der Waals surface area contributed by atoms with Gasteiger partial charge in [0.05, 0.1) is 0 Å². The first-order valence-electron chi connectivity index (χ1n) is 4.65. The predicted molar refractivity (Wildman–Crippen MR) is 53.3 cm³/mol. The van der Waals surface area contributed by atoms with Crippen molar-refractivity contribution >= 4 is 0 Å². The van der Waals surface area contributed by atoms with E-state index in [0.717, 1.165) is 19.6 Å². The van der Waals surface area contributed by atoms with Crippen molar-refractivity contribution in [1.29, 1.82) is 0 Å². The van der Waals surface area contributed by atoms with Crippen LogP contribution in [0.25, 0.3) is 0 Å². The number of hydrogen-bond donors (Lipinski definition) is 1. The van der Waals surface area contributed by atoms with Gasteiger partial charge in [-0.25, -0.2) is 0 Å². The minimum atomic E-state index is 0.278. The van der Waals surface area contributed by atoms with Gasteiger partial charge in [-0.15, -0.1) is 6.58 Å². The molecule has 1 heterocycles. The van der Waals surface area contributed by atoms with Crippen LogP contribution in [0, 0.1) is 0 Å². The van der Waals surface area contributed by atoms with E-state index in [-0.39, 0.29) is 5.54 Å². The molecule has 1 atom stereocenters. The number of rotatable bonds is 2. The molecule has 1 aliphatic heterocycles. The quantitative estimate of drug-likeness (QED) is 0.624. The average Bonchev–Trinajstić information content (AvgIpc) is 1.98. The number of nitrogens with one attached hydrogen (secondary N) is 1. The van der Waals surface area contributed by atoms with Gasteiger partial charge in [0, 0.05) is 31.2 Å². The zero-order valence-electron chi connectivity index (χ0n) is 8.43. The second-order valence-corrected chi connectivity index (χ2v) is 4.29. The molecule has 0 aliphatic carbocycles. The molecule has 1 N–H and O–H groups in total. The van der Waals surface area contributed by atoms with Gasteiger partial charge in [-0.2, -0.15) is 0 Å². The fraction of sp³-hybridized carbons (Fsp3) is 0.800. The Balaban J connectivity index is 2.58. The number of hydrogen-bond acceptors (Lipinski definition) is 2. The summed E-state index contributed by atoms with van der Waals surface area (Å²) in [6, 6.07) is 0.609. The minimum Gasteiger partial charge on any atom is -0.311 e. The molecule has 0 radical (unpaired) electrons. The lowest BCUT2D eigenvalue weighted by Gasteiger charge is -2.45. The monoisotopic (exact) mass is 168 g/mol. The van der Waals surface area contributed by atoms with Crippen molar-refractivity contribution in [1.82, 2.24) is 10.2 Å². The lowest BCUT2D eigenvalue weighted by molar-refractivity contribution is 0.0831. The van der Waals surface area contributed by atoms with Gasteiger partial charge in [0.1, 0.15) is 0 Å². The van der Waals surface area contributed by atoms with Gasteiger partial charge in [-0.05, 0) is 20.8 Å². The van der Waals surface area contributed by atoms with E-state index in [1.54, 1.807) is 0 Å². The van der Waals surface area contributed by atoms with Crippen LogP contribution in [0.15, 0.2) is 12.7 Å². The molecule has 0 spiro atoms. The van der Waals surface area contributed by atoms with Crippen molar-refractivity contribution < 1.29 is 0 Å². The van der Waals surface area contributed by atoms with Crippen LogP contribution < -0.4 is 5.32 Å². The van der Waals surface area contributed by atoms with Crippen molar-refractivity contribution in [3.63, 3.8) is 0 Å². The number of piperazine rings is 1. The Morgan fingerprint density at radius 2 is 2.33 bits per heavy atom. The van der Waals surface area contributed by atoms with Gasteiger partial charge in [0.15, 0.2) is 0 Å². The zero-order valence-corrected chi connectivity index (χ0v) is 8.43. The SMILES string of the molecule is C=CCN1CC(C)NCC1(C)C. The lowest BCUT2D eigenvalue weighted by atomic mass is 9.98. The fourth-order valence-electron chi connectivity index (χ4n) is 1.66. The second-order valence-electron chi connectivity index (χ2n) is 4.29. The van der Waals surface area contributed by atoms with E-state index < -0.39 is 0 Å². The minimum absolute atomic E-state index is 0.278. The maximum Gasteiger partial charge on any atom is 0.0281 e. The summed E-state index contributed by atoms with van der Waals surface area (Å²) in [5.41, 5.74) is 0.278. The van der Waals surface area contributed by atoms with E-state index in [4.69, 9.17) is 0 Å². The number of nitrogens with zero attached hydrogens (tertiary/aromatic N) is 1. The van der Waals surface area contributed by atoms with E-state index in [9.17, 15) is 0 Å².